The molecule has 0 fully saturated rings. The molecule has 1 heterocycles. The molecule has 18 heavy (non-hydrogen) atoms. The molecule has 5 N–H and O–H groups in total. The van der Waals surface area contributed by atoms with Crippen LogP contribution in [0.2, 0.25) is 0 Å². The van der Waals surface area contributed by atoms with E-state index in [1.54, 1.807) is 0 Å². The van der Waals surface area contributed by atoms with Crippen LogP contribution in [0.5, 0.6) is 5.75 Å². The van der Waals surface area contributed by atoms with Crippen LogP contribution < -0.4 is 21.5 Å². The van der Waals surface area contributed by atoms with Gasteiger partial charge >= 0.3 is 0 Å². The van der Waals surface area contributed by atoms with Gasteiger partial charge in [0.05, 0.1) is 6.10 Å². The first-order chi connectivity index (χ1) is 8.32. The first-order valence-corrected chi connectivity index (χ1v) is 6.41. The van der Waals surface area contributed by atoms with E-state index in [1.165, 1.54) is 11.3 Å². The Hall–Kier alpha value is -1.69. The Bertz CT molecular complexity index is 466. The topological polar surface area (TPSA) is 90.4 Å². The molecule has 1 amide bonds. The summed E-state index contributed by atoms with van der Waals surface area (Å²) in [6.07, 6.45) is -0.0343. The molecule has 100 valence electrons. The van der Waals surface area contributed by atoms with Crippen LogP contribution in [-0.2, 0) is 0 Å². The molecule has 1 aromatic rings. The SMILES string of the molecule is C=C(C)CNc1sc(C(N)=O)c(N)c1OC(C)C. The number of primary amides is 1. The molecule has 0 spiro atoms. The molecule has 0 aliphatic heterocycles. The van der Waals surface area contributed by atoms with E-state index in [-0.39, 0.29) is 6.10 Å². The quantitative estimate of drug-likeness (QED) is 0.690. The summed E-state index contributed by atoms with van der Waals surface area (Å²) in [5, 5.41) is 3.85. The molecule has 0 saturated heterocycles. The molecule has 0 bridgehead atoms. The van der Waals surface area contributed by atoms with Crippen LogP contribution in [0.25, 0.3) is 0 Å². The van der Waals surface area contributed by atoms with Crippen molar-refractivity contribution in [2.75, 3.05) is 17.6 Å². The number of nitrogens with one attached hydrogen (secondary N) is 1. The zero-order valence-electron chi connectivity index (χ0n) is 10.9. The lowest BCUT2D eigenvalue weighted by Crippen LogP contribution is -2.12. The maximum atomic E-state index is 11.3. The van der Waals surface area contributed by atoms with Crippen molar-refractivity contribution in [3.63, 3.8) is 0 Å². The van der Waals surface area contributed by atoms with Crippen molar-refractivity contribution in [1.29, 1.82) is 0 Å². The van der Waals surface area contributed by atoms with Crippen molar-refractivity contribution in [3.05, 3.63) is 17.0 Å². The van der Waals surface area contributed by atoms with Gasteiger partial charge < -0.3 is 21.5 Å². The molecule has 0 aromatic carbocycles. The van der Waals surface area contributed by atoms with E-state index in [2.05, 4.69) is 11.9 Å². The number of carbonyl (C=O) groups excluding carboxylic acids is 1. The Morgan fingerprint density at radius 1 is 1.56 bits per heavy atom. The smallest absolute Gasteiger partial charge is 0.261 e. The summed E-state index contributed by atoms with van der Waals surface area (Å²) in [6, 6.07) is 0. The van der Waals surface area contributed by atoms with Gasteiger partial charge in [-0.3, -0.25) is 4.79 Å². The first-order valence-electron chi connectivity index (χ1n) is 5.59. The van der Waals surface area contributed by atoms with Gasteiger partial charge in [0.2, 0.25) is 0 Å². The van der Waals surface area contributed by atoms with Crippen LogP contribution in [0, 0.1) is 0 Å². The molecule has 0 radical (unpaired) electrons. The summed E-state index contributed by atoms with van der Waals surface area (Å²) in [6.45, 7) is 10.1. The highest BCUT2D eigenvalue weighted by Gasteiger charge is 2.21. The van der Waals surface area contributed by atoms with E-state index in [1.807, 2.05) is 20.8 Å². The Balaban J connectivity index is 3.09. The van der Waals surface area contributed by atoms with Crippen LogP contribution in [0.4, 0.5) is 10.7 Å². The van der Waals surface area contributed by atoms with E-state index >= 15 is 0 Å². The Morgan fingerprint density at radius 3 is 2.61 bits per heavy atom. The van der Waals surface area contributed by atoms with Gasteiger partial charge in [-0.15, -0.1) is 11.3 Å². The van der Waals surface area contributed by atoms with Crippen LogP contribution >= 0.6 is 11.3 Å². The number of amides is 1. The predicted molar refractivity (Wildman–Crippen MR) is 76.3 cm³/mol. The summed E-state index contributed by atoms with van der Waals surface area (Å²) >= 11 is 1.20. The Morgan fingerprint density at radius 2 is 2.17 bits per heavy atom. The van der Waals surface area contributed by atoms with Gasteiger partial charge in [-0.05, 0) is 20.8 Å². The Labute approximate surface area is 111 Å². The van der Waals surface area contributed by atoms with E-state index in [0.717, 1.165) is 5.57 Å². The lowest BCUT2D eigenvalue weighted by atomic mass is 10.3. The zero-order valence-corrected chi connectivity index (χ0v) is 11.7. The minimum Gasteiger partial charge on any atom is -0.486 e. The molecule has 6 heteroatoms. The maximum Gasteiger partial charge on any atom is 0.261 e. The molecule has 1 rings (SSSR count). The fraction of sp³-hybridized carbons (Fsp3) is 0.417. The molecule has 0 atom stereocenters. The largest absolute Gasteiger partial charge is 0.486 e. The van der Waals surface area contributed by atoms with Crippen LogP contribution in [0.1, 0.15) is 30.4 Å². The molecule has 0 aliphatic carbocycles. The zero-order chi connectivity index (χ0) is 13.9. The van der Waals surface area contributed by atoms with Crippen LogP contribution in [-0.4, -0.2) is 18.6 Å². The lowest BCUT2D eigenvalue weighted by molar-refractivity contribution is 0.100. The first kappa shape index (κ1) is 14.4. The summed E-state index contributed by atoms with van der Waals surface area (Å²) in [4.78, 5) is 11.6. The molecular formula is C12H19N3O2S. The monoisotopic (exact) mass is 269 g/mol. The minimum absolute atomic E-state index is 0.0343. The van der Waals surface area contributed by atoms with Crippen molar-refractivity contribution < 1.29 is 9.53 Å². The number of hydrogen-bond donors (Lipinski definition) is 3. The number of nitrogens with two attached hydrogens (primary N) is 2. The lowest BCUT2D eigenvalue weighted by Gasteiger charge is -2.12. The molecule has 0 unspecified atom stereocenters. The third kappa shape index (κ3) is 3.40. The maximum absolute atomic E-state index is 11.3. The third-order valence-corrected chi connectivity index (χ3v) is 3.19. The second-order valence-corrected chi connectivity index (χ2v) is 5.37. The van der Waals surface area contributed by atoms with Gasteiger partial charge in [-0.2, -0.15) is 0 Å². The Kier molecular flexibility index (Phi) is 4.61. The average Bonchev–Trinajstić information content (AvgIpc) is 2.53. The number of nitrogen functional groups attached to an aromatic ring is 1. The second-order valence-electron chi connectivity index (χ2n) is 4.34. The standard InChI is InChI=1S/C12H19N3O2S/c1-6(2)5-15-12-9(17-7(3)4)8(13)10(18-12)11(14)16/h7,15H,1,5,13H2,2-4H3,(H2,14,16). The van der Waals surface area contributed by atoms with Crippen molar-refractivity contribution in [2.24, 2.45) is 5.73 Å². The third-order valence-electron chi connectivity index (χ3n) is 2.03. The van der Waals surface area contributed by atoms with Gasteiger partial charge in [0, 0.05) is 6.54 Å². The van der Waals surface area contributed by atoms with Crippen molar-refractivity contribution >= 4 is 27.9 Å². The van der Waals surface area contributed by atoms with Gasteiger partial charge in [-0.1, -0.05) is 12.2 Å². The number of hydrogen-bond acceptors (Lipinski definition) is 5. The summed E-state index contributed by atoms with van der Waals surface area (Å²) in [5.41, 5.74) is 12.4. The van der Waals surface area contributed by atoms with Crippen molar-refractivity contribution in [1.82, 2.24) is 0 Å². The number of ether oxygens (including phenoxy) is 1. The van der Waals surface area contributed by atoms with E-state index in [4.69, 9.17) is 16.2 Å². The van der Waals surface area contributed by atoms with E-state index in [9.17, 15) is 4.79 Å². The van der Waals surface area contributed by atoms with Gasteiger partial charge in [0.15, 0.2) is 5.75 Å². The molecule has 1 aromatic heterocycles. The number of anilines is 2. The summed E-state index contributed by atoms with van der Waals surface area (Å²) < 4.78 is 5.62. The molecule has 0 aliphatic rings. The van der Waals surface area contributed by atoms with Crippen molar-refractivity contribution in [2.45, 2.75) is 26.9 Å². The highest BCUT2D eigenvalue weighted by molar-refractivity contribution is 7.19. The van der Waals surface area contributed by atoms with Gasteiger partial charge in [0.1, 0.15) is 15.6 Å². The van der Waals surface area contributed by atoms with Gasteiger partial charge in [-0.25, -0.2) is 0 Å². The highest BCUT2D eigenvalue weighted by atomic mass is 32.1. The highest BCUT2D eigenvalue weighted by Crippen LogP contribution is 2.42. The van der Waals surface area contributed by atoms with E-state index in [0.29, 0.717) is 27.9 Å². The summed E-state index contributed by atoms with van der Waals surface area (Å²) in [5.74, 6) is -0.0560. The minimum atomic E-state index is -0.547. The molecular weight excluding hydrogens is 250 g/mol. The summed E-state index contributed by atoms with van der Waals surface area (Å²) in [7, 11) is 0. The van der Waals surface area contributed by atoms with E-state index < -0.39 is 5.91 Å². The average molecular weight is 269 g/mol. The fourth-order valence-corrected chi connectivity index (χ4v) is 2.21. The van der Waals surface area contributed by atoms with Crippen LogP contribution in [0.3, 0.4) is 0 Å². The molecule has 5 nitrogen and oxygen atoms in total. The number of carbonyl (C=O) groups is 1. The second kappa shape index (κ2) is 5.77. The predicted octanol–water partition coefficient (Wildman–Crippen LogP) is 2.20. The number of thiophene rings is 1. The van der Waals surface area contributed by atoms with Crippen molar-refractivity contribution in [3.8, 4) is 5.75 Å². The fourth-order valence-electron chi connectivity index (χ4n) is 1.31. The normalized spacial score (nSPS) is 10.4. The van der Waals surface area contributed by atoms with Crippen LogP contribution in [0.15, 0.2) is 12.2 Å². The molecule has 0 saturated carbocycles. The number of rotatable bonds is 6. The van der Waals surface area contributed by atoms with Gasteiger partial charge in [0.25, 0.3) is 5.91 Å².